The molecule has 1 atom stereocenters. The second-order valence-electron chi connectivity index (χ2n) is 4.75. The quantitative estimate of drug-likeness (QED) is 0.774. The highest BCUT2D eigenvalue weighted by atomic mass is 16.7. The van der Waals surface area contributed by atoms with Gasteiger partial charge in [0.05, 0.1) is 13.2 Å². The number of carbonyl (C=O) groups is 2. The van der Waals surface area contributed by atoms with E-state index >= 15 is 0 Å². The SMILES string of the molecule is CCOC(=O)C(C)(CO)COC(=O)OCc1ccccc1. The smallest absolute Gasteiger partial charge is 0.465 e. The van der Waals surface area contributed by atoms with Gasteiger partial charge in [-0.15, -0.1) is 0 Å². The van der Waals surface area contributed by atoms with Gasteiger partial charge in [-0.1, -0.05) is 30.3 Å². The molecular weight excluding hydrogens is 276 g/mol. The zero-order valence-electron chi connectivity index (χ0n) is 12.2. The van der Waals surface area contributed by atoms with E-state index in [9.17, 15) is 14.7 Å². The topological polar surface area (TPSA) is 82.1 Å². The molecule has 21 heavy (non-hydrogen) atoms. The standard InChI is InChI=1S/C15H20O6/c1-3-19-13(17)15(2,10-16)11-21-14(18)20-9-12-7-5-4-6-8-12/h4-8,16H,3,9-11H2,1-2H3. The van der Waals surface area contributed by atoms with Gasteiger partial charge in [0.2, 0.25) is 0 Å². The van der Waals surface area contributed by atoms with Crippen molar-refractivity contribution in [2.75, 3.05) is 19.8 Å². The van der Waals surface area contributed by atoms with Crippen LogP contribution in [0.1, 0.15) is 19.4 Å². The molecular formula is C15H20O6. The van der Waals surface area contributed by atoms with Crippen molar-refractivity contribution in [2.45, 2.75) is 20.5 Å². The van der Waals surface area contributed by atoms with E-state index in [1.807, 2.05) is 30.3 Å². The number of aliphatic hydroxyl groups is 1. The van der Waals surface area contributed by atoms with E-state index in [1.165, 1.54) is 6.92 Å². The van der Waals surface area contributed by atoms with Crippen molar-refractivity contribution in [1.82, 2.24) is 0 Å². The normalized spacial score (nSPS) is 13.1. The number of esters is 1. The first-order chi connectivity index (χ1) is 10.0. The summed E-state index contributed by atoms with van der Waals surface area (Å²) in [6.07, 6.45) is -0.900. The fraction of sp³-hybridized carbons (Fsp3) is 0.467. The highest BCUT2D eigenvalue weighted by molar-refractivity contribution is 5.77. The minimum Gasteiger partial charge on any atom is -0.465 e. The summed E-state index contributed by atoms with van der Waals surface area (Å²) in [5.41, 5.74) is -0.466. The molecule has 0 aliphatic carbocycles. The van der Waals surface area contributed by atoms with Gasteiger partial charge >= 0.3 is 12.1 Å². The van der Waals surface area contributed by atoms with Crippen LogP contribution in [0.5, 0.6) is 0 Å². The van der Waals surface area contributed by atoms with Gasteiger partial charge in [-0.2, -0.15) is 0 Å². The van der Waals surface area contributed by atoms with Crippen LogP contribution >= 0.6 is 0 Å². The molecule has 0 bridgehead atoms. The van der Waals surface area contributed by atoms with Crippen LogP contribution in [0.4, 0.5) is 4.79 Å². The molecule has 0 spiro atoms. The van der Waals surface area contributed by atoms with Crippen LogP contribution < -0.4 is 0 Å². The molecule has 116 valence electrons. The minimum atomic E-state index is -1.29. The number of hydrogen-bond donors (Lipinski definition) is 1. The first-order valence-electron chi connectivity index (χ1n) is 6.63. The Bertz CT molecular complexity index is 458. The Kier molecular flexibility index (Phi) is 6.68. The second-order valence-corrected chi connectivity index (χ2v) is 4.75. The third-order valence-electron chi connectivity index (χ3n) is 2.83. The predicted octanol–water partition coefficient (Wildman–Crippen LogP) is 1.90. The lowest BCUT2D eigenvalue weighted by atomic mass is 9.93. The van der Waals surface area contributed by atoms with Gasteiger partial charge in [-0.05, 0) is 19.4 Å². The number of aliphatic hydroxyl groups excluding tert-OH is 1. The van der Waals surface area contributed by atoms with Crippen LogP contribution in [0.15, 0.2) is 30.3 Å². The van der Waals surface area contributed by atoms with Crippen molar-refractivity contribution in [2.24, 2.45) is 5.41 Å². The molecule has 0 fully saturated rings. The largest absolute Gasteiger partial charge is 0.508 e. The fourth-order valence-corrected chi connectivity index (χ4v) is 1.45. The van der Waals surface area contributed by atoms with E-state index in [-0.39, 0.29) is 19.8 Å². The highest BCUT2D eigenvalue weighted by Crippen LogP contribution is 2.18. The molecule has 6 nitrogen and oxygen atoms in total. The zero-order chi connectivity index (χ0) is 15.7. The monoisotopic (exact) mass is 296 g/mol. The number of ether oxygens (including phenoxy) is 3. The number of carbonyl (C=O) groups excluding carboxylic acids is 2. The van der Waals surface area contributed by atoms with Gasteiger partial charge in [-0.25, -0.2) is 4.79 Å². The Balaban J connectivity index is 2.42. The molecule has 1 aromatic carbocycles. The Morgan fingerprint density at radius 3 is 2.38 bits per heavy atom. The Morgan fingerprint density at radius 1 is 1.14 bits per heavy atom. The molecule has 6 heteroatoms. The van der Waals surface area contributed by atoms with Gasteiger partial charge in [0.15, 0.2) is 0 Å². The minimum absolute atomic E-state index is 0.0783. The average Bonchev–Trinajstić information content (AvgIpc) is 2.51. The summed E-state index contributed by atoms with van der Waals surface area (Å²) in [6, 6.07) is 9.13. The van der Waals surface area contributed by atoms with E-state index in [2.05, 4.69) is 0 Å². The van der Waals surface area contributed by atoms with Crippen LogP contribution in [-0.2, 0) is 25.6 Å². The Morgan fingerprint density at radius 2 is 1.81 bits per heavy atom. The number of rotatable bonds is 7. The van der Waals surface area contributed by atoms with Crippen molar-refractivity contribution in [3.63, 3.8) is 0 Å². The lowest BCUT2D eigenvalue weighted by Gasteiger charge is -2.23. The lowest BCUT2D eigenvalue weighted by Crippen LogP contribution is -2.38. The van der Waals surface area contributed by atoms with E-state index in [0.29, 0.717) is 0 Å². The third kappa shape index (κ3) is 5.43. The maximum absolute atomic E-state index is 11.7. The molecule has 0 aliphatic heterocycles. The van der Waals surface area contributed by atoms with E-state index in [0.717, 1.165) is 5.56 Å². The highest BCUT2D eigenvalue weighted by Gasteiger charge is 2.36. The van der Waals surface area contributed by atoms with Crippen LogP contribution in [-0.4, -0.2) is 37.1 Å². The molecule has 0 aromatic heterocycles. The molecule has 0 aliphatic rings. The third-order valence-corrected chi connectivity index (χ3v) is 2.83. The van der Waals surface area contributed by atoms with Gasteiger partial charge in [-0.3, -0.25) is 4.79 Å². The molecule has 0 radical (unpaired) electrons. The summed E-state index contributed by atoms with van der Waals surface area (Å²) in [4.78, 5) is 23.2. The fourth-order valence-electron chi connectivity index (χ4n) is 1.45. The molecule has 1 unspecified atom stereocenters. The summed E-state index contributed by atoms with van der Waals surface area (Å²) in [6.45, 7) is 2.58. The maximum Gasteiger partial charge on any atom is 0.508 e. The average molecular weight is 296 g/mol. The lowest BCUT2D eigenvalue weighted by molar-refractivity contribution is -0.160. The summed E-state index contributed by atoms with van der Waals surface area (Å²) in [5.74, 6) is -0.622. The molecule has 1 aromatic rings. The molecule has 0 saturated carbocycles. The summed E-state index contributed by atoms with van der Waals surface area (Å²) in [5, 5.41) is 9.27. The van der Waals surface area contributed by atoms with Crippen molar-refractivity contribution < 1.29 is 28.9 Å². The Hall–Kier alpha value is -2.08. The first-order valence-corrected chi connectivity index (χ1v) is 6.63. The van der Waals surface area contributed by atoms with Crippen molar-refractivity contribution >= 4 is 12.1 Å². The predicted molar refractivity (Wildman–Crippen MR) is 74.4 cm³/mol. The first kappa shape index (κ1) is 17.0. The van der Waals surface area contributed by atoms with Gasteiger partial charge in [0.25, 0.3) is 0 Å². The van der Waals surface area contributed by atoms with Crippen LogP contribution in [0.25, 0.3) is 0 Å². The van der Waals surface area contributed by atoms with Crippen LogP contribution in [0.2, 0.25) is 0 Å². The second kappa shape index (κ2) is 8.26. The van der Waals surface area contributed by atoms with Crippen LogP contribution in [0, 0.1) is 5.41 Å². The molecule has 0 amide bonds. The van der Waals surface area contributed by atoms with E-state index < -0.39 is 24.1 Å². The van der Waals surface area contributed by atoms with Crippen LogP contribution in [0.3, 0.4) is 0 Å². The zero-order valence-corrected chi connectivity index (χ0v) is 12.2. The molecule has 0 saturated heterocycles. The van der Waals surface area contributed by atoms with Gasteiger partial charge < -0.3 is 19.3 Å². The molecule has 1 rings (SSSR count). The van der Waals surface area contributed by atoms with E-state index in [1.54, 1.807) is 6.92 Å². The van der Waals surface area contributed by atoms with Crippen molar-refractivity contribution in [3.8, 4) is 0 Å². The van der Waals surface area contributed by atoms with Crippen molar-refractivity contribution in [1.29, 1.82) is 0 Å². The van der Waals surface area contributed by atoms with E-state index in [4.69, 9.17) is 14.2 Å². The van der Waals surface area contributed by atoms with Gasteiger partial charge in [0.1, 0.15) is 18.6 Å². The van der Waals surface area contributed by atoms with Gasteiger partial charge in [0, 0.05) is 0 Å². The van der Waals surface area contributed by atoms with Crippen molar-refractivity contribution in [3.05, 3.63) is 35.9 Å². The summed E-state index contributed by atoms with van der Waals surface area (Å²) < 4.78 is 14.6. The Labute approximate surface area is 123 Å². The summed E-state index contributed by atoms with van der Waals surface area (Å²) >= 11 is 0. The number of hydrogen-bond acceptors (Lipinski definition) is 6. The molecule has 0 heterocycles. The molecule has 1 N–H and O–H groups in total. The maximum atomic E-state index is 11.7. The summed E-state index contributed by atoms with van der Waals surface area (Å²) in [7, 11) is 0. The number of benzene rings is 1.